The number of aromatic nitrogens is 1. The maximum absolute atomic E-state index is 12.7. The molecular weight excluding hydrogens is 330 g/mol. The van der Waals surface area contributed by atoms with Crippen LogP contribution in [0.15, 0.2) is 21.6 Å². The fraction of sp³-hybridized carbons (Fsp3) is 0.583. The Bertz CT molecular complexity index is 532. The van der Waals surface area contributed by atoms with Crippen molar-refractivity contribution in [2.45, 2.75) is 38.6 Å². The molecule has 0 saturated heterocycles. The third kappa shape index (κ3) is 3.67. The number of sulfonamides is 1. The monoisotopic (exact) mass is 349 g/mol. The second-order valence-corrected chi connectivity index (χ2v) is 7.11. The minimum absolute atomic E-state index is 0.0940. The molecule has 0 aromatic carbocycles. The summed E-state index contributed by atoms with van der Waals surface area (Å²) in [5, 5.41) is 2.99. The molecule has 1 aromatic heterocycles. The molecule has 1 N–H and O–H groups in total. The third-order valence-corrected chi connectivity index (χ3v) is 5.24. The second kappa shape index (κ2) is 6.67. The number of anilines is 1. The van der Waals surface area contributed by atoms with E-state index in [0.29, 0.717) is 23.4 Å². The first-order chi connectivity index (χ1) is 8.84. The minimum atomic E-state index is -3.55. The van der Waals surface area contributed by atoms with Crippen LogP contribution < -0.4 is 5.32 Å². The fourth-order valence-electron chi connectivity index (χ4n) is 1.86. The number of rotatable bonds is 6. The van der Waals surface area contributed by atoms with E-state index >= 15 is 0 Å². The van der Waals surface area contributed by atoms with E-state index in [4.69, 9.17) is 0 Å². The van der Waals surface area contributed by atoms with Crippen molar-refractivity contribution < 1.29 is 8.42 Å². The average Bonchev–Trinajstić information content (AvgIpc) is 2.31. The van der Waals surface area contributed by atoms with Crippen molar-refractivity contribution in [2.24, 2.45) is 0 Å². The molecule has 5 nitrogen and oxygen atoms in total. The molecule has 0 atom stereocenters. The van der Waals surface area contributed by atoms with E-state index in [1.54, 1.807) is 12.3 Å². The maximum Gasteiger partial charge on any atom is 0.247 e. The lowest BCUT2D eigenvalue weighted by Gasteiger charge is -2.25. The number of halogens is 1. The zero-order valence-electron chi connectivity index (χ0n) is 11.6. The molecule has 0 aliphatic carbocycles. The van der Waals surface area contributed by atoms with Gasteiger partial charge in [-0.2, -0.15) is 4.31 Å². The summed E-state index contributed by atoms with van der Waals surface area (Å²) in [6.07, 6.45) is 1.59. The molecule has 0 fully saturated rings. The number of nitrogens with one attached hydrogen (secondary N) is 1. The van der Waals surface area contributed by atoms with E-state index in [9.17, 15) is 8.42 Å². The van der Waals surface area contributed by atoms with Crippen molar-refractivity contribution in [1.82, 2.24) is 9.29 Å². The van der Waals surface area contributed by atoms with Gasteiger partial charge in [0.05, 0.1) is 0 Å². The van der Waals surface area contributed by atoms with Crippen LogP contribution in [0.1, 0.15) is 27.7 Å². The number of nitrogens with zero attached hydrogens (tertiary/aromatic N) is 2. The fourth-order valence-corrected chi connectivity index (χ4v) is 4.13. The van der Waals surface area contributed by atoms with E-state index < -0.39 is 10.0 Å². The van der Waals surface area contributed by atoms with Gasteiger partial charge in [0.15, 0.2) is 0 Å². The summed E-state index contributed by atoms with van der Waals surface area (Å²) >= 11 is 3.27. The van der Waals surface area contributed by atoms with Crippen LogP contribution in [-0.4, -0.2) is 36.8 Å². The van der Waals surface area contributed by atoms with Gasteiger partial charge in [-0.1, -0.05) is 6.92 Å². The van der Waals surface area contributed by atoms with Crippen molar-refractivity contribution in [3.05, 3.63) is 16.7 Å². The van der Waals surface area contributed by atoms with E-state index in [-0.39, 0.29) is 10.9 Å². The zero-order valence-corrected chi connectivity index (χ0v) is 14.0. The Morgan fingerprint density at radius 3 is 2.53 bits per heavy atom. The van der Waals surface area contributed by atoms with Crippen molar-refractivity contribution in [3.8, 4) is 0 Å². The van der Waals surface area contributed by atoms with E-state index in [1.165, 1.54) is 4.31 Å². The third-order valence-electron chi connectivity index (χ3n) is 2.64. The van der Waals surface area contributed by atoms with Gasteiger partial charge in [-0.05, 0) is 42.8 Å². The molecule has 108 valence electrons. The normalized spacial score (nSPS) is 12.2. The highest BCUT2D eigenvalue weighted by Gasteiger charge is 2.28. The highest BCUT2D eigenvalue weighted by atomic mass is 79.9. The Balaban J connectivity index is 3.37. The Hall–Kier alpha value is -0.660. The first-order valence-electron chi connectivity index (χ1n) is 6.25. The molecule has 1 heterocycles. The number of pyridine rings is 1. The van der Waals surface area contributed by atoms with Gasteiger partial charge < -0.3 is 5.32 Å². The number of hydrogen-bond acceptors (Lipinski definition) is 4. The number of hydrogen-bond donors (Lipinski definition) is 1. The van der Waals surface area contributed by atoms with Gasteiger partial charge >= 0.3 is 0 Å². The lowest BCUT2D eigenvalue weighted by atomic mass is 10.4. The van der Waals surface area contributed by atoms with Gasteiger partial charge in [-0.25, -0.2) is 13.4 Å². The quantitative estimate of drug-likeness (QED) is 0.857. The molecule has 0 radical (unpaired) electrons. The summed E-state index contributed by atoms with van der Waals surface area (Å²) < 4.78 is 27.5. The summed E-state index contributed by atoms with van der Waals surface area (Å²) in [7, 11) is -3.55. The SMILES string of the molecule is CCNc1ncc(Br)cc1S(=O)(=O)N(CC)C(C)C. The Morgan fingerprint density at radius 1 is 1.42 bits per heavy atom. The molecular formula is C12H20BrN3O2S. The summed E-state index contributed by atoms with van der Waals surface area (Å²) in [5.41, 5.74) is 0. The van der Waals surface area contributed by atoms with Crippen LogP contribution in [0, 0.1) is 0 Å². The van der Waals surface area contributed by atoms with E-state index in [1.807, 2.05) is 27.7 Å². The predicted octanol–water partition coefficient (Wildman–Crippen LogP) is 2.69. The summed E-state index contributed by atoms with van der Waals surface area (Å²) in [4.78, 5) is 4.35. The van der Waals surface area contributed by atoms with E-state index in [0.717, 1.165) is 0 Å². The summed E-state index contributed by atoms with van der Waals surface area (Å²) in [6, 6.07) is 1.49. The van der Waals surface area contributed by atoms with Crippen LogP contribution in [0.5, 0.6) is 0 Å². The lowest BCUT2D eigenvalue weighted by Crippen LogP contribution is -2.37. The molecule has 0 spiro atoms. The maximum atomic E-state index is 12.7. The highest BCUT2D eigenvalue weighted by Crippen LogP contribution is 2.26. The van der Waals surface area contributed by atoms with Crippen LogP contribution in [0.25, 0.3) is 0 Å². The first-order valence-corrected chi connectivity index (χ1v) is 8.49. The van der Waals surface area contributed by atoms with Crippen molar-refractivity contribution in [2.75, 3.05) is 18.4 Å². The molecule has 1 aromatic rings. The smallest absolute Gasteiger partial charge is 0.247 e. The molecule has 0 aliphatic heterocycles. The largest absolute Gasteiger partial charge is 0.369 e. The van der Waals surface area contributed by atoms with Crippen LogP contribution in [0.4, 0.5) is 5.82 Å². The zero-order chi connectivity index (χ0) is 14.6. The van der Waals surface area contributed by atoms with Crippen molar-refractivity contribution in [3.63, 3.8) is 0 Å². The highest BCUT2D eigenvalue weighted by molar-refractivity contribution is 9.10. The average molecular weight is 350 g/mol. The van der Waals surface area contributed by atoms with Crippen LogP contribution in [-0.2, 0) is 10.0 Å². The minimum Gasteiger partial charge on any atom is -0.369 e. The van der Waals surface area contributed by atoms with Crippen LogP contribution in [0.3, 0.4) is 0 Å². The Kier molecular flexibility index (Phi) is 5.76. The molecule has 0 amide bonds. The van der Waals surface area contributed by atoms with Crippen LogP contribution >= 0.6 is 15.9 Å². The topological polar surface area (TPSA) is 62.3 Å². The van der Waals surface area contributed by atoms with E-state index in [2.05, 4.69) is 26.2 Å². The molecule has 0 saturated carbocycles. The van der Waals surface area contributed by atoms with Crippen molar-refractivity contribution >= 4 is 31.8 Å². The standard InChI is InChI=1S/C12H20BrN3O2S/c1-5-14-12-11(7-10(13)8-15-12)19(17,18)16(6-2)9(3)4/h7-9H,5-6H2,1-4H3,(H,14,15). The molecule has 1 rings (SSSR count). The summed E-state index contributed by atoms with van der Waals surface area (Å²) in [5.74, 6) is 0.393. The van der Waals surface area contributed by atoms with Gasteiger partial charge in [0, 0.05) is 29.8 Å². The van der Waals surface area contributed by atoms with Gasteiger partial charge in [0.25, 0.3) is 0 Å². The Morgan fingerprint density at radius 2 is 2.05 bits per heavy atom. The lowest BCUT2D eigenvalue weighted by molar-refractivity contribution is 0.369. The van der Waals surface area contributed by atoms with Crippen molar-refractivity contribution in [1.29, 1.82) is 0 Å². The molecule has 0 bridgehead atoms. The molecule has 0 unspecified atom stereocenters. The van der Waals surface area contributed by atoms with Crippen LogP contribution in [0.2, 0.25) is 0 Å². The Labute approximate surface area is 123 Å². The predicted molar refractivity (Wildman–Crippen MR) is 80.8 cm³/mol. The van der Waals surface area contributed by atoms with Gasteiger partial charge in [-0.3, -0.25) is 0 Å². The van der Waals surface area contributed by atoms with Gasteiger partial charge in [-0.15, -0.1) is 0 Å². The van der Waals surface area contributed by atoms with Gasteiger partial charge in [0.1, 0.15) is 10.7 Å². The summed E-state index contributed by atoms with van der Waals surface area (Å²) in [6.45, 7) is 8.50. The van der Waals surface area contributed by atoms with Gasteiger partial charge in [0.2, 0.25) is 10.0 Å². The first kappa shape index (κ1) is 16.4. The second-order valence-electron chi connectivity index (χ2n) is 4.33. The molecule has 0 aliphatic rings. The molecule has 7 heteroatoms. The molecule has 19 heavy (non-hydrogen) atoms.